The Kier molecular flexibility index (Phi) is 3.62. The van der Waals surface area contributed by atoms with Gasteiger partial charge in [0.1, 0.15) is 5.82 Å². The van der Waals surface area contributed by atoms with Crippen molar-refractivity contribution in [1.29, 1.82) is 0 Å². The molecule has 0 aliphatic carbocycles. The van der Waals surface area contributed by atoms with E-state index in [1.165, 1.54) is 17.3 Å². The maximum atomic E-state index is 4.21. The number of hydrogen-bond donors (Lipinski definition) is 0. The van der Waals surface area contributed by atoms with Gasteiger partial charge < -0.3 is 4.57 Å². The van der Waals surface area contributed by atoms with Crippen molar-refractivity contribution in [2.75, 3.05) is 0 Å². The zero-order chi connectivity index (χ0) is 11.4. The zero-order valence-corrected chi connectivity index (χ0v) is 10.1. The van der Waals surface area contributed by atoms with Gasteiger partial charge in [-0.1, -0.05) is 42.1 Å². The van der Waals surface area contributed by atoms with Crippen molar-refractivity contribution < 1.29 is 0 Å². The molecule has 3 nitrogen and oxygen atoms in total. The molecular formula is C12H14N3S. The van der Waals surface area contributed by atoms with Crippen LogP contribution in [0.3, 0.4) is 0 Å². The molecule has 0 spiro atoms. The summed E-state index contributed by atoms with van der Waals surface area (Å²) in [6, 6.07) is 10.3. The molecule has 0 saturated carbocycles. The predicted octanol–water partition coefficient (Wildman–Crippen LogP) is 2.77. The topological polar surface area (TPSA) is 30.7 Å². The van der Waals surface area contributed by atoms with Crippen LogP contribution in [0, 0.1) is 6.26 Å². The molecule has 0 bridgehead atoms. The van der Waals surface area contributed by atoms with Gasteiger partial charge in [0.2, 0.25) is 0 Å². The van der Waals surface area contributed by atoms with Crippen molar-refractivity contribution >= 4 is 11.8 Å². The van der Waals surface area contributed by atoms with Crippen LogP contribution in [0.15, 0.2) is 35.5 Å². The molecule has 0 fully saturated rings. The Morgan fingerprint density at radius 1 is 1.25 bits per heavy atom. The maximum Gasteiger partial charge on any atom is 0.191 e. The van der Waals surface area contributed by atoms with Crippen molar-refractivity contribution in [3.05, 3.63) is 48.0 Å². The van der Waals surface area contributed by atoms with Crippen LogP contribution < -0.4 is 0 Å². The molecular weight excluding hydrogens is 218 g/mol. The molecule has 0 aliphatic rings. The average molecular weight is 232 g/mol. The first-order valence-electron chi connectivity index (χ1n) is 5.23. The van der Waals surface area contributed by atoms with E-state index in [2.05, 4.69) is 40.1 Å². The van der Waals surface area contributed by atoms with Crippen LogP contribution >= 0.6 is 11.8 Å². The number of hydrogen-bond acceptors (Lipinski definition) is 3. The van der Waals surface area contributed by atoms with Gasteiger partial charge in [-0.3, -0.25) is 0 Å². The summed E-state index contributed by atoms with van der Waals surface area (Å²) >= 11 is 1.39. The lowest BCUT2D eigenvalue weighted by Crippen LogP contribution is -2.03. The molecule has 2 rings (SSSR count). The van der Waals surface area contributed by atoms with E-state index in [4.69, 9.17) is 0 Å². The van der Waals surface area contributed by atoms with E-state index in [-0.39, 0.29) is 0 Å². The van der Waals surface area contributed by atoms with E-state index in [0.717, 1.165) is 23.9 Å². The predicted molar refractivity (Wildman–Crippen MR) is 66.2 cm³/mol. The molecule has 0 unspecified atom stereocenters. The smallest absolute Gasteiger partial charge is 0.191 e. The Labute approximate surface area is 99.9 Å². The Hall–Kier alpha value is -1.29. The van der Waals surface area contributed by atoms with Crippen LogP contribution in [-0.4, -0.2) is 14.8 Å². The largest absolute Gasteiger partial charge is 0.306 e. The van der Waals surface area contributed by atoms with Gasteiger partial charge in [-0.2, -0.15) is 0 Å². The molecule has 0 saturated heterocycles. The lowest BCUT2D eigenvalue weighted by Gasteiger charge is -2.05. The second kappa shape index (κ2) is 5.16. The fourth-order valence-corrected chi connectivity index (χ4v) is 2.14. The van der Waals surface area contributed by atoms with Crippen molar-refractivity contribution in [3.63, 3.8) is 0 Å². The molecule has 0 N–H and O–H groups in total. The molecule has 83 valence electrons. The molecule has 0 atom stereocenters. The van der Waals surface area contributed by atoms with E-state index in [1.54, 1.807) is 0 Å². The maximum absolute atomic E-state index is 4.21. The van der Waals surface area contributed by atoms with Gasteiger partial charge >= 0.3 is 0 Å². The van der Waals surface area contributed by atoms with Crippen molar-refractivity contribution in [2.24, 2.45) is 0 Å². The SMILES string of the molecule is [CH2]Sc1nnc(Cc2ccccc2)n1CC. The molecule has 2 aromatic rings. The Balaban J connectivity index is 2.25. The monoisotopic (exact) mass is 232 g/mol. The summed E-state index contributed by atoms with van der Waals surface area (Å²) < 4.78 is 2.10. The highest BCUT2D eigenvalue weighted by atomic mass is 32.2. The van der Waals surface area contributed by atoms with Gasteiger partial charge in [0.25, 0.3) is 0 Å². The van der Waals surface area contributed by atoms with E-state index in [0.29, 0.717) is 0 Å². The third-order valence-corrected chi connectivity index (χ3v) is 3.00. The van der Waals surface area contributed by atoms with Crippen LogP contribution in [0.5, 0.6) is 0 Å². The molecule has 1 heterocycles. The number of benzene rings is 1. The van der Waals surface area contributed by atoms with Gasteiger partial charge in [-0.25, -0.2) is 0 Å². The summed E-state index contributed by atoms with van der Waals surface area (Å²) in [5.41, 5.74) is 1.25. The van der Waals surface area contributed by atoms with Gasteiger partial charge in [-0.15, -0.1) is 10.2 Å². The van der Waals surface area contributed by atoms with Crippen molar-refractivity contribution in [1.82, 2.24) is 14.8 Å². The second-order valence-corrected chi connectivity index (χ2v) is 4.10. The second-order valence-electron chi connectivity index (χ2n) is 3.45. The quantitative estimate of drug-likeness (QED) is 0.759. The summed E-state index contributed by atoms with van der Waals surface area (Å²) in [6.07, 6.45) is 4.60. The molecule has 0 aliphatic heterocycles. The van der Waals surface area contributed by atoms with Gasteiger partial charge in [0.15, 0.2) is 5.16 Å². The van der Waals surface area contributed by atoms with Crippen molar-refractivity contribution in [3.8, 4) is 0 Å². The number of thioether (sulfide) groups is 1. The van der Waals surface area contributed by atoms with Crippen LogP contribution in [-0.2, 0) is 13.0 Å². The minimum absolute atomic E-state index is 0.822. The molecule has 4 heteroatoms. The van der Waals surface area contributed by atoms with E-state index >= 15 is 0 Å². The molecule has 1 aromatic heterocycles. The first-order chi connectivity index (χ1) is 7.85. The van der Waals surface area contributed by atoms with Crippen LogP contribution in [0.25, 0.3) is 0 Å². The summed E-state index contributed by atoms with van der Waals surface area (Å²) in [5.74, 6) is 1.000. The molecule has 1 aromatic carbocycles. The normalized spacial score (nSPS) is 10.6. The third kappa shape index (κ3) is 2.27. The fraction of sp³-hybridized carbons (Fsp3) is 0.250. The van der Waals surface area contributed by atoms with Crippen LogP contribution in [0.2, 0.25) is 0 Å². The third-order valence-electron chi connectivity index (χ3n) is 2.44. The standard InChI is InChI=1S/C12H14N3S/c1-3-15-11(13-14-12(15)16-2)9-10-7-5-4-6-8-10/h4-8H,2-3,9H2,1H3. The number of nitrogens with zero attached hydrogens (tertiary/aromatic N) is 3. The van der Waals surface area contributed by atoms with E-state index < -0.39 is 0 Å². The molecule has 0 amide bonds. The Morgan fingerprint density at radius 3 is 2.62 bits per heavy atom. The minimum Gasteiger partial charge on any atom is -0.306 e. The van der Waals surface area contributed by atoms with Crippen LogP contribution in [0.1, 0.15) is 18.3 Å². The number of rotatable bonds is 4. The highest BCUT2D eigenvalue weighted by Gasteiger charge is 2.09. The minimum atomic E-state index is 0.822. The highest BCUT2D eigenvalue weighted by Crippen LogP contribution is 2.16. The zero-order valence-electron chi connectivity index (χ0n) is 9.26. The summed E-state index contributed by atoms with van der Waals surface area (Å²) in [4.78, 5) is 0. The fourth-order valence-electron chi connectivity index (χ4n) is 1.65. The first-order valence-corrected chi connectivity index (χ1v) is 6.21. The van der Waals surface area contributed by atoms with E-state index in [1.807, 2.05) is 18.2 Å². The Morgan fingerprint density at radius 2 is 2.00 bits per heavy atom. The Bertz CT molecular complexity index is 451. The first kappa shape index (κ1) is 11.2. The highest BCUT2D eigenvalue weighted by molar-refractivity contribution is 8.00. The van der Waals surface area contributed by atoms with Gasteiger partial charge in [0.05, 0.1) is 0 Å². The summed E-state index contributed by atoms with van der Waals surface area (Å²) in [5, 5.41) is 9.20. The summed E-state index contributed by atoms with van der Waals surface area (Å²) in [6.45, 7) is 2.98. The lowest BCUT2D eigenvalue weighted by atomic mass is 10.1. The van der Waals surface area contributed by atoms with Gasteiger partial charge in [0, 0.05) is 19.2 Å². The van der Waals surface area contributed by atoms with E-state index in [9.17, 15) is 0 Å². The molecule has 16 heavy (non-hydrogen) atoms. The summed E-state index contributed by atoms with van der Waals surface area (Å²) in [7, 11) is 0. The van der Waals surface area contributed by atoms with Gasteiger partial charge in [-0.05, 0) is 12.5 Å². The van der Waals surface area contributed by atoms with Crippen LogP contribution in [0.4, 0.5) is 0 Å². The number of aromatic nitrogens is 3. The lowest BCUT2D eigenvalue weighted by molar-refractivity contribution is 0.652. The average Bonchev–Trinajstić information content (AvgIpc) is 2.72. The molecule has 1 radical (unpaired) electrons. The van der Waals surface area contributed by atoms with Crippen molar-refractivity contribution in [2.45, 2.75) is 25.0 Å².